The van der Waals surface area contributed by atoms with E-state index in [0.29, 0.717) is 11.4 Å². The molecule has 32 heavy (non-hydrogen) atoms. The van der Waals surface area contributed by atoms with Crippen LogP contribution in [0.1, 0.15) is 39.7 Å². The third-order valence-corrected chi connectivity index (χ3v) is 4.96. The van der Waals surface area contributed by atoms with Crippen molar-refractivity contribution >= 4 is 23.7 Å². The number of amides is 1. The first-order chi connectivity index (χ1) is 15.1. The SMILES string of the molecule is CCOC(=O)C(CO)C[C@@H](Cc1ccc(-c2cccc(Cl)c2)cc1)NC(=O)OC(C)(C)C. The van der Waals surface area contributed by atoms with Crippen LogP contribution < -0.4 is 5.32 Å². The summed E-state index contributed by atoms with van der Waals surface area (Å²) < 4.78 is 10.4. The third kappa shape index (κ3) is 8.52. The maximum absolute atomic E-state index is 12.4. The van der Waals surface area contributed by atoms with Crippen molar-refractivity contribution in [3.8, 4) is 11.1 Å². The molecule has 0 saturated carbocycles. The first-order valence-corrected chi connectivity index (χ1v) is 11.1. The lowest BCUT2D eigenvalue weighted by molar-refractivity contribution is -0.149. The van der Waals surface area contributed by atoms with Gasteiger partial charge >= 0.3 is 12.1 Å². The number of rotatable bonds is 9. The summed E-state index contributed by atoms with van der Waals surface area (Å²) in [5.41, 5.74) is 2.35. The second kappa shape index (κ2) is 11.9. The van der Waals surface area contributed by atoms with Gasteiger partial charge in [0.05, 0.1) is 19.1 Å². The van der Waals surface area contributed by atoms with Gasteiger partial charge in [0.25, 0.3) is 0 Å². The van der Waals surface area contributed by atoms with Crippen LogP contribution in [-0.2, 0) is 20.7 Å². The van der Waals surface area contributed by atoms with Gasteiger partial charge in [0.15, 0.2) is 0 Å². The van der Waals surface area contributed by atoms with Gasteiger partial charge in [-0.1, -0.05) is 48.0 Å². The number of alkyl carbamates (subject to hydrolysis) is 1. The van der Waals surface area contributed by atoms with E-state index in [4.69, 9.17) is 21.1 Å². The molecular weight excluding hydrogens is 430 g/mol. The van der Waals surface area contributed by atoms with E-state index in [2.05, 4.69) is 5.32 Å². The molecule has 0 aromatic heterocycles. The number of nitrogens with one attached hydrogen (secondary N) is 1. The van der Waals surface area contributed by atoms with E-state index in [1.54, 1.807) is 27.7 Å². The van der Waals surface area contributed by atoms with Gasteiger partial charge in [0.1, 0.15) is 5.60 Å². The van der Waals surface area contributed by atoms with E-state index in [-0.39, 0.29) is 19.6 Å². The molecule has 1 amide bonds. The highest BCUT2D eigenvalue weighted by Gasteiger charge is 2.26. The Bertz CT molecular complexity index is 892. The molecule has 0 aliphatic heterocycles. The van der Waals surface area contributed by atoms with E-state index in [0.717, 1.165) is 16.7 Å². The summed E-state index contributed by atoms with van der Waals surface area (Å²) in [5.74, 6) is -1.22. The number of esters is 1. The summed E-state index contributed by atoms with van der Waals surface area (Å²) in [6.45, 7) is 6.93. The highest BCUT2D eigenvalue weighted by molar-refractivity contribution is 6.30. The molecule has 2 rings (SSSR count). The lowest BCUT2D eigenvalue weighted by Gasteiger charge is -2.25. The van der Waals surface area contributed by atoms with E-state index >= 15 is 0 Å². The lowest BCUT2D eigenvalue weighted by Crippen LogP contribution is -2.42. The molecule has 2 aromatic rings. The number of benzene rings is 2. The molecule has 7 heteroatoms. The number of aliphatic hydroxyl groups excluding tert-OH is 1. The van der Waals surface area contributed by atoms with Gasteiger partial charge in [-0.05, 0) is 69.4 Å². The average Bonchev–Trinajstić information content (AvgIpc) is 2.71. The van der Waals surface area contributed by atoms with E-state index in [1.165, 1.54) is 0 Å². The molecule has 2 aromatic carbocycles. The van der Waals surface area contributed by atoms with Gasteiger partial charge in [-0.2, -0.15) is 0 Å². The van der Waals surface area contributed by atoms with Crippen molar-refractivity contribution in [2.24, 2.45) is 5.92 Å². The van der Waals surface area contributed by atoms with Gasteiger partial charge in [-0.25, -0.2) is 4.79 Å². The molecule has 0 heterocycles. The monoisotopic (exact) mass is 461 g/mol. The van der Waals surface area contributed by atoms with E-state index < -0.39 is 29.6 Å². The molecule has 2 N–H and O–H groups in total. The highest BCUT2D eigenvalue weighted by Crippen LogP contribution is 2.24. The van der Waals surface area contributed by atoms with Gasteiger partial charge in [-0.3, -0.25) is 4.79 Å². The second-order valence-corrected chi connectivity index (χ2v) is 9.06. The molecule has 6 nitrogen and oxygen atoms in total. The van der Waals surface area contributed by atoms with Gasteiger partial charge < -0.3 is 19.9 Å². The molecule has 0 fully saturated rings. The van der Waals surface area contributed by atoms with Crippen molar-refractivity contribution in [2.45, 2.75) is 52.2 Å². The summed E-state index contributed by atoms with van der Waals surface area (Å²) in [6.07, 6.45) is 0.119. The maximum atomic E-state index is 12.4. The van der Waals surface area contributed by atoms with Crippen LogP contribution in [-0.4, -0.2) is 42.0 Å². The minimum atomic E-state index is -0.736. The van der Waals surface area contributed by atoms with Crippen molar-refractivity contribution in [1.29, 1.82) is 0 Å². The number of hydrogen-bond acceptors (Lipinski definition) is 5. The van der Waals surface area contributed by atoms with Gasteiger partial charge in [-0.15, -0.1) is 0 Å². The molecule has 0 bridgehead atoms. The smallest absolute Gasteiger partial charge is 0.407 e. The topological polar surface area (TPSA) is 84.9 Å². The third-order valence-electron chi connectivity index (χ3n) is 4.72. The molecular formula is C25H32ClNO5. The number of hydrogen-bond donors (Lipinski definition) is 2. The first kappa shape index (κ1) is 25.7. The first-order valence-electron chi connectivity index (χ1n) is 10.7. The summed E-state index contributed by atoms with van der Waals surface area (Å²) in [6, 6.07) is 15.1. The van der Waals surface area contributed by atoms with E-state index in [9.17, 15) is 14.7 Å². The maximum Gasteiger partial charge on any atom is 0.407 e. The van der Waals surface area contributed by atoms with Crippen LogP contribution in [0.2, 0.25) is 5.02 Å². The minimum absolute atomic E-state index is 0.227. The van der Waals surface area contributed by atoms with Crippen LogP contribution in [0.15, 0.2) is 48.5 Å². The Hall–Kier alpha value is -2.57. The van der Waals surface area contributed by atoms with Crippen molar-refractivity contribution < 1.29 is 24.2 Å². The number of halogens is 1. The molecule has 1 unspecified atom stereocenters. The zero-order valence-corrected chi connectivity index (χ0v) is 19.8. The molecule has 2 atom stereocenters. The molecule has 0 aliphatic rings. The Morgan fingerprint density at radius 3 is 2.34 bits per heavy atom. The van der Waals surface area contributed by atoms with Crippen LogP contribution in [0.4, 0.5) is 4.79 Å². The van der Waals surface area contributed by atoms with Crippen molar-refractivity contribution in [1.82, 2.24) is 5.32 Å². The number of aliphatic hydroxyl groups is 1. The number of carbonyl (C=O) groups is 2. The van der Waals surface area contributed by atoms with Crippen molar-refractivity contribution in [3.05, 3.63) is 59.1 Å². The highest BCUT2D eigenvalue weighted by atomic mass is 35.5. The molecule has 0 aliphatic carbocycles. The van der Waals surface area contributed by atoms with Crippen LogP contribution in [0.25, 0.3) is 11.1 Å². The Balaban J connectivity index is 2.17. The summed E-state index contributed by atoms with van der Waals surface area (Å²) in [7, 11) is 0. The normalized spacial score (nSPS) is 13.2. The minimum Gasteiger partial charge on any atom is -0.466 e. The molecule has 174 valence electrons. The van der Waals surface area contributed by atoms with Crippen LogP contribution in [0, 0.1) is 5.92 Å². The molecule has 0 saturated heterocycles. The second-order valence-electron chi connectivity index (χ2n) is 8.62. The predicted molar refractivity (Wildman–Crippen MR) is 126 cm³/mol. The number of ether oxygens (including phenoxy) is 2. The van der Waals surface area contributed by atoms with Crippen molar-refractivity contribution in [2.75, 3.05) is 13.2 Å². The fraction of sp³-hybridized carbons (Fsp3) is 0.440. The van der Waals surface area contributed by atoms with Crippen LogP contribution in [0.3, 0.4) is 0 Å². The van der Waals surface area contributed by atoms with Crippen LogP contribution >= 0.6 is 11.6 Å². The molecule has 0 radical (unpaired) electrons. The summed E-state index contributed by atoms with van der Waals surface area (Å²) in [4.78, 5) is 24.5. The zero-order chi connectivity index (χ0) is 23.7. The quantitative estimate of drug-likeness (QED) is 0.513. The summed E-state index contributed by atoms with van der Waals surface area (Å²) >= 11 is 6.09. The standard InChI is InChI=1S/C25H32ClNO5/c1-5-31-23(29)20(16-28)15-22(27-24(30)32-25(2,3)4)13-17-9-11-18(12-10-17)19-7-6-8-21(26)14-19/h6-12,14,20,22,28H,5,13,15-16H2,1-4H3,(H,27,30)/t20?,22-/m1/s1. The van der Waals surface area contributed by atoms with Crippen LogP contribution in [0.5, 0.6) is 0 Å². The predicted octanol–water partition coefficient (Wildman–Crippen LogP) is 5.00. The Kier molecular flexibility index (Phi) is 9.54. The summed E-state index contributed by atoms with van der Waals surface area (Å²) in [5, 5.41) is 13.2. The fourth-order valence-corrected chi connectivity index (χ4v) is 3.49. The van der Waals surface area contributed by atoms with E-state index in [1.807, 2.05) is 48.5 Å². The van der Waals surface area contributed by atoms with Gasteiger partial charge in [0, 0.05) is 11.1 Å². The van der Waals surface area contributed by atoms with Crippen molar-refractivity contribution in [3.63, 3.8) is 0 Å². The van der Waals surface area contributed by atoms with Gasteiger partial charge in [0.2, 0.25) is 0 Å². The zero-order valence-electron chi connectivity index (χ0n) is 19.1. The largest absolute Gasteiger partial charge is 0.466 e. The lowest BCUT2D eigenvalue weighted by atomic mass is 9.94. The molecule has 0 spiro atoms. The Morgan fingerprint density at radius 1 is 1.09 bits per heavy atom. The Labute approximate surface area is 194 Å². The fourth-order valence-electron chi connectivity index (χ4n) is 3.30. The number of carbonyl (C=O) groups excluding carboxylic acids is 2. The average molecular weight is 462 g/mol. The Morgan fingerprint density at radius 2 is 1.78 bits per heavy atom.